The molecule has 1 nitrogen and oxygen atoms in total. The maximum absolute atomic E-state index is 3.70. The average molecular weight is 247 g/mol. The Bertz CT molecular complexity index is 371. The van der Waals surface area contributed by atoms with Gasteiger partial charge in [0.2, 0.25) is 0 Å². The smallest absolute Gasteiger partial charge is 0.0108 e. The molecule has 1 N–H and O–H groups in total. The first-order valence-corrected chi connectivity index (χ1v) is 7.84. The fourth-order valence-electron chi connectivity index (χ4n) is 3.07. The number of thioether (sulfide) groups is 1. The van der Waals surface area contributed by atoms with Crippen molar-refractivity contribution in [3.05, 3.63) is 29.8 Å². The van der Waals surface area contributed by atoms with Crippen LogP contribution in [0.5, 0.6) is 0 Å². The van der Waals surface area contributed by atoms with E-state index >= 15 is 0 Å². The van der Waals surface area contributed by atoms with Crippen LogP contribution in [0.3, 0.4) is 0 Å². The molecule has 0 amide bonds. The molecule has 1 aliphatic heterocycles. The molecule has 1 aromatic carbocycles. The van der Waals surface area contributed by atoms with Crippen LogP contribution in [-0.4, -0.2) is 18.8 Å². The number of hydrogen-bond acceptors (Lipinski definition) is 2. The zero-order valence-electron chi connectivity index (χ0n) is 10.3. The van der Waals surface area contributed by atoms with E-state index in [0.717, 1.165) is 11.8 Å². The van der Waals surface area contributed by atoms with Crippen molar-refractivity contribution in [2.24, 2.45) is 5.92 Å². The molecule has 92 valence electrons. The summed E-state index contributed by atoms with van der Waals surface area (Å²) in [5.41, 5.74) is 1.57. The lowest BCUT2D eigenvalue weighted by atomic mass is 10.0. The number of rotatable bonds is 4. The summed E-state index contributed by atoms with van der Waals surface area (Å²) in [6.45, 7) is 2.41. The summed E-state index contributed by atoms with van der Waals surface area (Å²) in [6, 6.07) is 8.89. The molecule has 0 aromatic heterocycles. The van der Waals surface area contributed by atoms with Crippen molar-refractivity contribution in [3.63, 3.8) is 0 Å². The number of fused-ring (bicyclic) bond motifs is 1. The summed E-state index contributed by atoms with van der Waals surface area (Å²) in [4.78, 5) is 1.50. The van der Waals surface area contributed by atoms with Gasteiger partial charge < -0.3 is 5.32 Å². The Morgan fingerprint density at radius 1 is 1.12 bits per heavy atom. The van der Waals surface area contributed by atoms with E-state index in [1.807, 2.05) is 11.8 Å². The van der Waals surface area contributed by atoms with E-state index in [1.165, 1.54) is 49.4 Å². The summed E-state index contributed by atoms with van der Waals surface area (Å²) in [7, 11) is 0. The van der Waals surface area contributed by atoms with Crippen molar-refractivity contribution in [3.8, 4) is 0 Å². The minimum Gasteiger partial charge on any atom is -0.316 e. The number of benzene rings is 1. The second-order valence-corrected chi connectivity index (χ2v) is 6.42. The molecule has 2 aliphatic rings. The largest absolute Gasteiger partial charge is 0.316 e. The molecule has 0 radical (unpaired) electrons. The monoisotopic (exact) mass is 247 g/mol. The van der Waals surface area contributed by atoms with Gasteiger partial charge in [0.05, 0.1) is 0 Å². The highest BCUT2D eigenvalue weighted by Gasteiger charge is 2.22. The van der Waals surface area contributed by atoms with E-state index in [9.17, 15) is 0 Å². The lowest BCUT2D eigenvalue weighted by Gasteiger charge is -2.14. The second kappa shape index (κ2) is 5.45. The first kappa shape index (κ1) is 11.6. The molecule has 2 heteroatoms. The highest BCUT2D eigenvalue weighted by Crippen LogP contribution is 2.38. The summed E-state index contributed by atoms with van der Waals surface area (Å²) in [6.07, 6.45) is 5.80. The Labute approximate surface area is 108 Å². The third kappa shape index (κ3) is 2.69. The van der Waals surface area contributed by atoms with Crippen LogP contribution in [0.25, 0.3) is 0 Å². The van der Waals surface area contributed by atoms with Gasteiger partial charge in [-0.05, 0) is 36.9 Å². The summed E-state index contributed by atoms with van der Waals surface area (Å²) in [5, 5.41) is 3.70. The molecule has 17 heavy (non-hydrogen) atoms. The van der Waals surface area contributed by atoms with Crippen molar-refractivity contribution in [2.75, 3.05) is 18.8 Å². The minimum absolute atomic E-state index is 0.734. The normalized spacial score (nSPS) is 24.1. The molecule has 1 atom stereocenters. The molecule has 1 heterocycles. The minimum atomic E-state index is 0.734. The van der Waals surface area contributed by atoms with Gasteiger partial charge in [0.1, 0.15) is 0 Å². The predicted octanol–water partition coefficient (Wildman–Crippen LogP) is 3.66. The molecule has 1 aliphatic carbocycles. The Morgan fingerprint density at radius 3 is 2.82 bits per heavy atom. The number of nitrogens with one attached hydrogen (secondary N) is 1. The quantitative estimate of drug-likeness (QED) is 0.871. The maximum Gasteiger partial charge on any atom is 0.0108 e. The molecule has 1 unspecified atom stereocenters. The van der Waals surface area contributed by atoms with Crippen LogP contribution in [-0.2, 0) is 0 Å². The van der Waals surface area contributed by atoms with Crippen molar-refractivity contribution >= 4 is 11.8 Å². The summed E-state index contributed by atoms with van der Waals surface area (Å²) in [5.74, 6) is 2.95. The van der Waals surface area contributed by atoms with Crippen LogP contribution in [0, 0.1) is 5.92 Å². The van der Waals surface area contributed by atoms with Crippen molar-refractivity contribution in [1.29, 1.82) is 0 Å². The maximum atomic E-state index is 3.70. The first-order valence-electron chi connectivity index (χ1n) is 6.86. The van der Waals surface area contributed by atoms with Crippen LogP contribution >= 0.6 is 11.8 Å². The van der Waals surface area contributed by atoms with Crippen LogP contribution in [0.4, 0.5) is 0 Å². The Morgan fingerprint density at radius 2 is 1.94 bits per heavy atom. The third-order valence-electron chi connectivity index (χ3n) is 4.10. The molecular weight excluding hydrogens is 226 g/mol. The van der Waals surface area contributed by atoms with Gasteiger partial charge in [-0.25, -0.2) is 0 Å². The molecule has 1 aromatic rings. The van der Waals surface area contributed by atoms with Crippen molar-refractivity contribution in [1.82, 2.24) is 5.32 Å². The van der Waals surface area contributed by atoms with Crippen LogP contribution in [0.15, 0.2) is 29.2 Å². The topological polar surface area (TPSA) is 12.0 Å². The van der Waals surface area contributed by atoms with Crippen molar-refractivity contribution < 1.29 is 0 Å². The van der Waals surface area contributed by atoms with Gasteiger partial charge in [-0.15, -0.1) is 11.8 Å². The Kier molecular flexibility index (Phi) is 3.72. The van der Waals surface area contributed by atoms with Crippen LogP contribution in [0.1, 0.15) is 37.2 Å². The van der Waals surface area contributed by atoms with E-state index in [2.05, 4.69) is 29.6 Å². The molecule has 1 saturated carbocycles. The van der Waals surface area contributed by atoms with E-state index in [4.69, 9.17) is 0 Å². The zero-order valence-corrected chi connectivity index (χ0v) is 11.1. The van der Waals surface area contributed by atoms with Gasteiger partial charge in [0.15, 0.2) is 0 Å². The van der Waals surface area contributed by atoms with E-state index in [1.54, 1.807) is 5.56 Å². The molecule has 0 spiro atoms. The fraction of sp³-hybridized carbons (Fsp3) is 0.600. The lowest BCUT2D eigenvalue weighted by molar-refractivity contribution is 0.479. The highest BCUT2D eigenvalue weighted by atomic mass is 32.2. The Hall–Kier alpha value is -0.470. The number of hydrogen-bond donors (Lipinski definition) is 1. The van der Waals surface area contributed by atoms with E-state index in [0.29, 0.717) is 0 Å². The molecule has 3 rings (SSSR count). The Balaban J connectivity index is 1.50. The molecular formula is C15H21NS. The van der Waals surface area contributed by atoms with Crippen LogP contribution in [0.2, 0.25) is 0 Å². The lowest BCUT2D eigenvalue weighted by Crippen LogP contribution is -2.26. The summed E-state index contributed by atoms with van der Waals surface area (Å²) >= 11 is 2.02. The van der Waals surface area contributed by atoms with Crippen LogP contribution < -0.4 is 5.32 Å². The van der Waals surface area contributed by atoms with Gasteiger partial charge in [-0.3, -0.25) is 0 Å². The van der Waals surface area contributed by atoms with Gasteiger partial charge in [-0.2, -0.15) is 0 Å². The SMILES string of the molecule is c1ccc2c(c1)SCC2CNCC1CCCC1. The van der Waals surface area contributed by atoms with Gasteiger partial charge in [-0.1, -0.05) is 31.0 Å². The van der Waals surface area contributed by atoms with Gasteiger partial charge >= 0.3 is 0 Å². The predicted molar refractivity (Wildman–Crippen MR) is 74.7 cm³/mol. The standard InChI is InChI=1S/C15H21NS/c1-2-6-12(5-1)9-16-10-13-11-17-15-8-4-3-7-14(13)15/h3-4,7-8,12-13,16H,1-2,5-6,9-11H2. The van der Waals surface area contributed by atoms with Gasteiger partial charge in [0, 0.05) is 23.1 Å². The average Bonchev–Trinajstić information content (AvgIpc) is 2.99. The third-order valence-corrected chi connectivity index (χ3v) is 5.35. The van der Waals surface area contributed by atoms with Gasteiger partial charge in [0.25, 0.3) is 0 Å². The zero-order chi connectivity index (χ0) is 11.5. The van der Waals surface area contributed by atoms with E-state index < -0.39 is 0 Å². The summed E-state index contributed by atoms with van der Waals surface area (Å²) < 4.78 is 0. The second-order valence-electron chi connectivity index (χ2n) is 5.35. The first-order chi connectivity index (χ1) is 8.43. The molecule has 0 bridgehead atoms. The molecule has 0 saturated heterocycles. The van der Waals surface area contributed by atoms with Crippen molar-refractivity contribution in [2.45, 2.75) is 36.5 Å². The van der Waals surface area contributed by atoms with E-state index in [-0.39, 0.29) is 0 Å². The molecule has 1 fully saturated rings. The fourth-order valence-corrected chi connectivity index (χ4v) is 4.33. The highest BCUT2D eigenvalue weighted by molar-refractivity contribution is 7.99.